The number of hydrogen-bond acceptors (Lipinski definition) is 1. The number of benzene rings is 6. The zero-order valence-electron chi connectivity index (χ0n) is 21.6. The van der Waals surface area contributed by atoms with Crippen LogP contribution in [0.3, 0.4) is 0 Å². The Kier molecular flexibility index (Phi) is 4.17. The smallest absolute Gasteiger partial charge is 0.0958 e. The minimum absolute atomic E-state index is 1.02. The molecule has 0 radical (unpaired) electrons. The van der Waals surface area contributed by atoms with Crippen LogP contribution in [0.4, 0.5) is 0 Å². The summed E-state index contributed by atoms with van der Waals surface area (Å²) in [5.74, 6) is 7.06. The maximum absolute atomic E-state index is 7.06. The Balaban J connectivity index is 1.72. The Hall–Kier alpha value is -5.48. The largest absolute Gasteiger partial charge is 0.338 e. The highest BCUT2D eigenvalue weighted by atomic mass is 15.3. The molecule has 0 saturated heterocycles. The van der Waals surface area contributed by atoms with E-state index in [1.165, 1.54) is 38.0 Å². The number of nitrogens with two attached hydrogens (primary N) is 1. The Bertz CT molecular complexity index is 2420. The number of rotatable bonds is 2. The van der Waals surface area contributed by atoms with Crippen molar-refractivity contribution >= 4 is 65.4 Å². The van der Waals surface area contributed by atoms with Crippen molar-refractivity contribution in [3.63, 3.8) is 0 Å². The van der Waals surface area contributed by atoms with Gasteiger partial charge >= 0.3 is 0 Å². The third-order valence-electron chi connectivity index (χ3n) is 8.40. The molecule has 2 N–H and O–H groups in total. The van der Waals surface area contributed by atoms with Crippen LogP contribution in [0.25, 0.3) is 76.8 Å². The molecule has 0 amide bonds. The lowest BCUT2D eigenvalue weighted by Crippen LogP contribution is -2.08. The molecule has 9 rings (SSSR count). The second kappa shape index (κ2) is 7.78. The molecule has 0 saturated carbocycles. The average Bonchev–Trinajstić information content (AvgIpc) is 3.64. The summed E-state index contributed by atoms with van der Waals surface area (Å²) in [6, 6.07) is 47.3. The van der Waals surface area contributed by atoms with E-state index in [1.807, 2.05) is 4.68 Å². The highest BCUT2D eigenvalue weighted by Crippen LogP contribution is 2.48. The van der Waals surface area contributed by atoms with Crippen LogP contribution in [-0.2, 0) is 0 Å². The molecule has 3 heterocycles. The van der Waals surface area contributed by atoms with Gasteiger partial charge in [-0.2, -0.15) is 0 Å². The van der Waals surface area contributed by atoms with E-state index in [1.54, 1.807) is 0 Å². The first kappa shape index (κ1) is 21.5. The second-order valence-electron chi connectivity index (χ2n) is 10.4. The number of aromatic nitrogens is 3. The molecule has 0 aliphatic carbocycles. The highest BCUT2D eigenvalue weighted by Gasteiger charge is 2.27. The molecule has 0 fully saturated rings. The van der Waals surface area contributed by atoms with Crippen LogP contribution < -0.4 is 5.84 Å². The number of nitrogen functional groups attached to an aromatic ring is 1. The van der Waals surface area contributed by atoms with Crippen molar-refractivity contribution in [2.24, 2.45) is 0 Å². The second-order valence-corrected chi connectivity index (χ2v) is 10.4. The number of fused-ring (bicyclic) bond motifs is 12. The van der Waals surface area contributed by atoms with E-state index in [-0.39, 0.29) is 0 Å². The summed E-state index contributed by atoms with van der Waals surface area (Å²) in [6.45, 7) is 0. The molecule has 0 unspecified atom stereocenters. The van der Waals surface area contributed by atoms with Gasteiger partial charge < -0.3 is 15.0 Å². The fraction of sp³-hybridized carbons (Fsp3) is 0. The Morgan fingerprint density at radius 2 is 0.750 bits per heavy atom. The molecule has 0 spiro atoms. The summed E-state index contributed by atoms with van der Waals surface area (Å²) in [7, 11) is 0. The highest BCUT2D eigenvalue weighted by molar-refractivity contribution is 6.40. The first-order valence-corrected chi connectivity index (χ1v) is 13.6. The average molecular weight is 513 g/mol. The molecule has 0 bridgehead atoms. The summed E-state index contributed by atoms with van der Waals surface area (Å²) in [4.78, 5) is 0. The molecule has 0 aliphatic rings. The molecule has 0 aliphatic heterocycles. The lowest BCUT2D eigenvalue weighted by atomic mass is 10.0. The maximum atomic E-state index is 7.06. The first-order chi connectivity index (χ1) is 19.8. The van der Waals surface area contributed by atoms with Gasteiger partial charge in [0.2, 0.25) is 0 Å². The van der Waals surface area contributed by atoms with Crippen LogP contribution in [0.5, 0.6) is 0 Å². The third-order valence-corrected chi connectivity index (χ3v) is 8.40. The van der Waals surface area contributed by atoms with E-state index in [0.29, 0.717) is 0 Å². The van der Waals surface area contributed by atoms with Crippen molar-refractivity contribution in [3.05, 3.63) is 133 Å². The fourth-order valence-corrected chi connectivity index (χ4v) is 6.87. The van der Waals surface area contributed by atoms with Crippen molar-refractivity contribution in [2.45, 2.75) is 0 Å². The van der Waals surface area contributed by atoms with E-state index in [4.69, 9.17) is 5.84 Å². The van der Waals surface area contributed by atoms with Crippen LogP contribution in [0.15, 0.2) is 133 Å². The van der Waals surface area contributed by atoms with Gasteiger partial charge in [0, 0.05) is 43.7 Å². The van der Waals surface area contributed by atoms with Gasteiger partial charge in [-0.3, -0.25) is 4.68 Å². The molecule has 6 aromatic carbocycles. The summed E-state index contributed by atoms with van der Waals surface area (Å²) in [5, 5.41) is 7.22. The monoisotopic (exact) mass is 512 g/mol. The standard InChI is InChI=1S/C36H24N4/c37-40-30-22-12-9-19-27(30)32-31-25-17-7-10-20-28(25)38(23-13-3-1-4-14-23)34(31)33-26-18-8-11-21-29(26)39(35(33)36(32)40)24-15-5-2-6-16-24/h1-22H,37H2. The maximum Gasteiger partial charge on any atom is 0.0958 e. The van der Waals surface area contributed by atoms with Crippen LogP contribution in [0.2, 0.25) is 0 Å². The minimum atomic E-state index is 1.02. The number of para-hydroxylation sites is 5. The molecule has 3 aromatic heterocycles. The molecule has 4 heteroatoms. The number of nitrogens with zero attached hydrogens (tertiary/aromatic N) is 3. The third kappa shape index (κ3) is 2.60. The van der Waals surface area contributed by atoms with Crippen molar-refractivity contribution in [2.75, 3.05) is 5.84 Å². The first-order valence-electron chi connectivity index (χ1n) is 13.6. The summed E-state index contributed by atoms with van der Waals surface area (Å²) < 4.78 is 6.73. The minimum Gasteiger partial charge on any atom is -0.338 e. The SMILES string of the molecule is Nn1c2ccccc2c2c3c4ccccc4n(-c4ccccc4)c3c3c4ccccc4n(-c4ccccc4)c3c21. The zero-order chi connectivity index (χ0) is 26.4. The molecular formula is C36H24N4. The van der Waals surface area contributed by atoms with Crippen LogP contribution >= 0.6 is 0 Å². The predicted molar refractivity (Wildman–Crippen MR) is 168 cm³/mol. The zero-order valence-corrected chi connectivity index (χ0v) is 21.6. The predicted octanol–water partition coefficient (Wildman–Crippen LogP) is 8.70. The van der Waals surface area contributed by atoms with Crippen molar-refractivity contribution in [1.29, 1.82) is 0 Å². The van der Waals surface area contributed by atoms with Crippen LogP contribution in [-0.4, -0.2) is 13.8 Å². The Labute approximate surface area is 229 Å². The van der Waals surface area contributed by atoms with Gasteiger partial charge in [0.05, 0.1) is 33.1 Å². The molecular weight excluding hydrogens is 488 g/mol. The molecule has 4 nitrogen and oxygen atoms in total. The van der Waals surface area contributed by atoms with Crippen molar-refractivity contribution < 1.29 is 0 Å². The molecule has 188 valence electrons. The Morgan fingerprint density at radius 3 is 1.32 bits per heavy atom. The van der Waals surface area contributed by atoms with E-state index < -0.39 is 0 Å². The lowest BCUT2D eigenvalue weighted by molar-refractivity contribution is 1.11. The van der Waals surface area contributed by atoms with Gasteiger partial charge in [0.1, 0.15) is 0 Å². The summed E-state index contributed by atoms with van der Waals surface area (Å²) in [6.07, 6.45) is 0. The normalized spacial score (nSPS) is 12.1. The summed E-state index contributed by atoms with van der Waals surface area (Å²) in [5.41, 5.74) is 8.98. The van der Waals surface area contributed by atoms with Crippen molar-refractivity contribution in [3.8, 4) is 11.4 Å². The van der Waals surface area contributed by atoms with Gasteiger partial charge in [0.15, 0.2) is 0 Å². The van der Waals surface area contributed by atoms with Crippen LogP contribution in [0, 0.1) is 0 Å². The molecule has 0 atom stereocenters. The van der Waals surface area contributed by atoms with Gasteiger partial charge in [-0.15, -0.1) is 0 Å². The molecule has 9 aromatic rings. The lowest BCUT2D eigenvalue weighted by Gasteiger charge is -2.12. The summed E-state index contributed by atoms with van der Waals surface area (Å²) >= 11 is 0. The van der Waals surface area contributed by atoms with Gasteiger partial charge in [-0.05, 0) is 42.5 Å². The topological polar surface area (TPSA) is 40.8 Å². The van der Waals surface area contributed by atoms with Gasteiger partial charge in [-0.1, -0.05) is 91.0 Å². The van der Waals surface area contributed by atoms with E-state index in [2.05, 4.69) is 143 Å². The van der Waals surface area contributed by atoms with Gasteiger partial charge in [-0.25, -0.2) is 0 Å². The Morgan fingerprint density at radius 1 is 0.350 bits per heavy atom. The van der Waals surface area contributed by atoms with Crippen LogP contribution in [0.1, 0.15) is 0 Å². The van der Waals surface area contributed by atoms with Crippen molar-refractivity contribution in [1.82, 2.24) is 13.8 Å². The van der Waals surface area contributed by atoms with E-state index >= 15 is 0 Å². The molecule has 40 heavy (non-hydrogen) atoms. The van der Waals surface area contributed by atoms with E-state index in [0.717, 1.165) is 38.8 Å². The number of hydrogen-bond donors (Lipinski definition) is 1. The fourth-order valence-electron chi connectivity index (χ4n) is 6.87. The quantitative estimate of drug-likeness (QED) is 0.231. The van der Waals surface area contributed by atoms with Gasteiger partial charge in [0.25, 0.3) is 0 Å². The van der Waals surface area contributed by atoms with E-state index in [9.17, 15) is 0 Å².